The van der Waals surface area contributed by atoms with Crippen molar-refractivity contribution >= 4 is 35.2 Å². The molecule has 2 N–H and O–H groups in total. The van der Waals surface area contributed by atoms with E-state index in [2.05, 4.69) is 10.5 Å². The molecule has 0 spiro atoms. The van der Waals surface area contributed by atoms with Crippen LogP contribution in [0.1, 0.15) is 29.1 Å². The lowest BCUT2D eigenvalue weighted by Gasteiger charge is -2.26. The van der Waals surface area contributed by atoms with E-state index in [9.17, 15) is 14.7 Å². The zero-order valence-electron chi connectivity index (χ0n) is 16.2. The van der Waals surface area contributed by atoms with Crippen LogP contribution in [0.3, 0.4) is 0 Å². The summed E-state index contributed by atoms with van der Waals surface area (Å²) in [7, 11) is 1.51. The van der Waals surface area contributed by atoms with E-state index >= 15 is 0 Å². The Morgan fingerprint density at radius 3 is 2.83 bits per heavy atom. The monoisotopic (exact) mass is 453 g/mol. The molecule has 2 amide bonds. The number of carbonyl (C=O) groups is 2. The maximum atomic E-state index is 11.8. The van der Waals surface area contributed by atoms with Gasteiger partial charge in [-0.3, -0.25) is 4.79 Å². The summed E-state index contributed by atoms with van der Waals surface area (Å²) in [4.78, 5) is 25.0. The van der Waals surface area contributed by atoms with Gasteiger partial charge in [-0.05, 0) is 42.9 Å². The van der Waals surface area contributed by atoms with Crippen LogP contribution in [0.2, 0.25) is 10.0 Å². The minimum absolute atomic E-state index is 0.0618. The lowest BCUT2D eigenvalue weighted by atomic mass is 9.91. The second-order valence-corrected chi connectivity index (χ2v) is 8.52. The third kappa shape index (κ3) is 4.06. The van der Waals surface area contributed by atoms with Gasteiger partial charge in [-0.15, -0.1) is 0 Å². The molecule has 10 heteroatoms. The van der Waals surface area contributed by atoms with Crippen LogP contribution in [0.15, 0.2) is 28.8 Å². The van der Waals surface area contributed by atoms with E-state index in [1.54, 1.807) is 24.3 Å². The van der Waals surface area contributed by atoms with E-state index in [0.29, 0.717) is 40.9 Å². The predicted octanol–water partition coefficient (Wildman–Crippen LogP) is 3.72. The van der Waals surface area contributed by atoms with E-state index < -0.39 is 6.09 Å². The molecular weight excluding hydrogens is 433 g/mol. The van der Waals surface area contributed by atoms with Gasteiger partial charge >= 0.3 is 6.09 Å². The summed E-state index contributed by atoms with van der Waals surface area (Å²) in [6.45, 7) is 0.440. The van der Waals surface area contributed by atoms with Crippen molar-refractivity contribution in [2.24, 2.45) is 11.8 Å². The number of hydrogen-bond acceptors (Lipinski definition) is 5. The van der Waals surface area contributed by atoms with Gasteiger partial charge in [0.25, 0.3) is 5.91 Å². The lowest BCUT2D eigenvalue weighted by molar-refractivity contribution is 0.0954. The summed E-state index contributed by atoms with van der Waals surface area (Å²) in [5, 5.41) is 16.9. The van der Waals surface area contributed by atoms with Crippen molar-refractivity contribution in [1.29, 1.82) is 0 Å². The zero-order valence-corrected chi connectivity index (χ0v) is 17.7. The van der Waals surface area contributed by atoms with Crippen molar-refractivity contribution in [3.8, 4) is 5.75 Å². The number of amides is 2. The maximum Gasteiger partial charge on any atom is 0.407 e. The van der Waals surface area contributed by atoms with E-state index in [-0.39, 0.29) is 35.6 Å². The summed E-state index contributed by atoms with van der Waals surface area (Å²) in [5.41, 5.74) is 0.175. The number of hydrogen-bond donors (Lipinski definition) is 2. The molecule has 4 atom stereocenters. The molecule has 2 aliphatic rings. The SMILES string of the molecule is CNC(=O)c1cc(CC2[C@H]3C[C@@H](Oc4ccc(Cl)cc4Cl)C[C@H]3CN2C(=O)O)on1. The molecule has 2 aromatic rings. The van der Waals surface area contributed by atoms with Crippen LogP contribution < -0.4 is 10.1 Å². The fraction of sp³-hybridized carbons (Fsp3) is 0.450. The molecule has 1 aliphatic carbocycles. The van der Waals surface area contributed by atoms with Crippen LogP contribution in [-0.2, 0) is 6.42 Å². The number of fused-ring (bicyclic) bond motifs is 1. The average molecular weight is 454 g/mol. The Hall–Kier alpha value is -2.45. The van der Waals surface area contributed by atoms with E-state index in [1.807, 2.05) is 0 Å². The number of likely N-dealkylation sites (tertiary alicyclic amines) is 1. The zero-order chi connectivity index (χ0) is 21.4. The molecular formula is C20H21Cl2N3O5. The fourth-order valence-electron chi connectivity index (χ4n) is 4.58. The Morgan fingerprint density at radius 2 is 2.13 bits per heavy atom. The quantitative estimate of drug-likeness (QED) is 0.714. The normalized spacial score (nSPS) is 25.2. The molecule has 30 heavy (non-hydrogen) atoms. The Labute approximate surface area is 183 Å². The Morgan fingerprint density at radius 1 is 1.33 bits per heavy atom. The first kappa shape index (κ1) is 20.8. The molecule has 160 valence electrons. The highest BCUT2D eigenvalue weighted by atomic mass is 35.5. The van der Waals surface area contributed by atoms with Crippen molar-refractivity contribution in [1.82, 2.24) is 15.4 Å². The number of nitrogens with one attached hydrogen (secondary N) is 1. The second-order valence-electron chi connectivity index (χ2n) is 7.67. The smallest absolute Gasteiger partial charge is 0.407 e. The molecule has 0 radical (unpaired) electrons. The van der Waals surface area contributed by atoms with Crippen molar-refractivity contribution in [2.45, 2.75) is 31.4 Å². The summed E-state index contributed by atoms with van der Waals surface area (Å²) >= 11 is 12.2. The van der Waals surface area contributed by atoms with Gasteiger partial charge in [0.1, 0.15) is 11.5 Å². The van der Waals surface area contributed by atoms with Crippen LogP contribution in [0, 0.1) is 11.8 Å². The van der Waals surface area contributed by atoms with Crippen molar-refractivity contribution in [3.63, 3.8) is 0 Å². The van der Waals surface area contributed by atoms with Crippen LogP contribution >= 0.6 is 23.2 Å². The van der Waals surface area contributed by atoms with Gasteiger partial charge in [0, 0.05) is 37.1 Å². The third-order valence-electron chi connectivity index (χ3n) is 5.89. The summed E-state index contributed by atoms with van der Waals surface area (Å²) < 4.78 is 11.4. The Balaban J connectivity index is 1.48. The average Bonchev–Trinajstić information content (AvgIpc) is 3.39. The first-order chi connectivity index (χ1) is 14.4. The van der Waals surface area contributed by atoms with Crippen LogP contribution in [-0.4, -0.2) is 52.9 Å². The number of carboxylic acid groups (broad SMARTS) is 1. The molecule has 1 saturated heterocycles. The van der Waals surface area contributed by atoms with E-state index in [4.69, 9.17) is 32.5 Å². The first-order valence-corrected chi connectivity index (χ1v) is 10.4. The van der Waals surface area contributed by atoms with Gasteiger partial charge < -0.3 is 24.6 Å². The number of nitrogens with zero attached hydrogens (tertiary/aromatic N) is 2. The highest BCUT2D eigenvalue weighted by Gasteiger charge is 2.50. The van der Waals surface area contributed by atoms with Gasteiger partial charge in [0.15, 0.2) is 5.69 Å². The van der Waals surface area contributed by atoms with Gasteiger partial charge in [-0.1, -0.05) is 28.4 Å². The Bertz CT molecular complexity index is 966. The lowest BCUT2D eigenvalue weighted by Crippen LogP contribution is -2.39. The minimum atomic E-state index is -0.960. The molecule has 4 rings (SSSR count). The summed E-state index contributed by atoms with van der Waals surface area (Å²) in [5.74, 6) is 1.01. The highest BCUT2D eigenvalue weighted by molar-refractivity contribution is 6.35. The summed E-state index contributed by atoms with van der Waals surface area (Å²) in [6, 6.07) is 6.39. The van der Waals surface area contributed by atoms with Gasteiger partial charge in [0.05, 0.1) is 11.1 Å². The molecule has 8 nitrogen and oxygen atoms in total. The topological polar surface area (TPSA) is 105 Å². The largest absolute Gasteiger partial charge is 0.489 e. The molecule has 1 aliphatic heterocycles. The number of carbonyl (C=O) groups excluding carboxylic acids is 1. The maximum absolute atomic E-state index is 11.8. The molecule has 1 saturated carbocycles. The number of benzene rings is 1. The molecule has 2 heterocycles. The summed E-state index contributed by atoms with van der Waals surface area (Å²) in [6.07, 6.45) is 0.774. The van der Waals surface area contributed by atoms with Crippen LogP contribution in [0.5, 0.6) is 5.75 Å². The molecule has 0 bridgehead atoms. The predicted molar refractivity (Wildman–Crippen MR) is 109 cm³/mol. The number of rotatable bonds is 5. The van der Waals surface area contributed by atoms with Crippen molar-refractivity contribution in [3.05, 3.63) is 45.8 Å². The van der Waals surface area contributed by atoms with Crippen LogP contribution in [0.25, 0.3) is 0 Å². The van der Waals surface area contributed by atoms with E-state index in [0.717, 1.165) is 6.42 Å². The molecule has 2 fully saturated rings. The highest BCUT2D eigenvalue weighted by Crippen LogP contribution is 2.45. The number of ether oxygens (including phenoxy) is 1. The third-order valence-corrected chi connectivity index (χ3v) is 6.42. The van der Waals surface area contributed by atoms with Gasteiger partial charge in [0.2, 0.25) is 0 Å². The standard InChI is InChI=1S/C20H21Cl2N3O5/c1-23-19(26)16-7-13(30-24-16)8-17-14-6-12(4-10(14)9-25(17)20(27)28)29-18-3-2-11(21)5-15(18)22/h2-3,5,7,10,12,14,17H,4,6,8-9H2,1H3,(H,23,26)(H,27,28)/t10-,12-,14-,17?/m0/s1. The van der Waals surface area contributed by atoms with Gasteiger partial charge in [-0.2, -0.15) is 0 Å². The van der Waals surface area contributed by atoms with Crippen LogP contribution in [0.4, 0.5) is 4.79 Å². The van der Waals surface area contributed by atoms with Crippen molar-refractivity contribution < 1.29 is 24.0 Å². The second kappa shape index (κ2) is 8.35. The van der Waals surface area contributed by atoms with Crippen molar-refractivity contribution in [2.75, 3.05) is 13.6 Å². The molecule has 1 aromatic carbocycles. The number of aromatic nitrogens is 1. The Kier molecular flexibility index (Phi) is 5.79. The number of halogens is 2. The molecule has 1 aromatic heterocycles. The fourth-order valence-corrected chi connectivity index (χ4v) is 5.04. The van der Waals surface area contributed by atoms with Gasteiger partial charge in [-0.25, -0.2) is 4.79 Å². The molecule has 1 unspecified atom stereocenters. The minimum Gasteiger partial charge on any atom is -0.489 e. The first-order valence-electron chi connectivity index (χ1n) is 9.64. The van der Waals surface area contributed by atoms with E-state index in [1.165, 1.54) is 11.9 Å².